The molecule has 0 saturated heterocycles. The Morgan fingerprint density at radius 3 is 2.69 bits per heavy atom. The molecule has 0 aromatic heterocycles. The molecule has 2 rings (SSSR count). The van der Waals surface area contributed by atoms with Crippen LogP contribution in [0.25, 0.3) is 0 Å². The molecule has 0 aromatic carbocycles. The highest BCUT2D eigenvalue weighted by molar-refractivity contribution is 6.03. The molecule has 1 N–H and O–H groups in total. The van der Waals surface area contributed by atoms with Gasteiger partial charge in [0.15, 0.2) is 0 Å². The zero-order chi connectivity index (χ0) is 9.69. The first-order chi connectivity index (χ1) is 6.04. The fourth-order valence-electron chi connectivity index (χ4n) is 3.11. The van der Waals surface area contributed by atoms with E-state index < -0.39 is 5.41 Å². The molecule has 3 nitrogen and oxygen atoms in total. The van der Waals surface area contributed by atoms with Gasteiger partial charge in [0, 0.05) is 6.42 Å². The van der Waals surface area contributed by atoms with Crippen molar-refractivity contribution in [1.29, 1.82) is 0 Å². The molecule has 0 aromatic rings. The van der Waals surface area contributed by atoms with Crippen molar-refractivity contribution in [3.8, 4) is 0 Å². The second kappa shape index (κ2) is 2.34. The van der Waals surface area contributed by atoms with Crippen molar-refractivity contribution in [3.63, 3.8) is 0 Å². The molecule has 2 aliphatic rings. The van der Waals surface area contributed by atoms with Gasteiger partial charge in [-0.05, 0) is 24.2 Å². The highest BCUT2D eigenvalue weighted by Gasteiger charge is 2.63. The molecular formula is C10H15NO2. The molecule has 72 valence electrons. The van der Waals surface area contributed by atoms with Crippen LogP contribution in [0.2, 0.25) is 0 Å². The second-order valence-corrected chi connectivity index (χ2v) is 4.80. The average molecular weight is 181 g/mol. The number of carbonyl (C=O) groups is 1. The monoisotopic (exact) mass is 181 g/mol. The summed E-state index contributed by atoms with van der Waals surface area (Å²) in [4.78, 5) is 11.8. The summed E-state index contributed by atoms with van der Waals surface area (Å²) in [5.41, 5.74) is -0.483. The Kier molecular flexibility index (Phi) is 1.57. The molecule has 2 aliphatic carbocycles. The molecule has 2 unspecified atom stereocenters. The summed E-state index contributed by atoms with van der Waals surface area (Å²) >= 11 is 0. The number of ketones is 1. The number of hydrogen-bond acceptors (Lipinski definition) is 3. The number of rotatable bonds is 1. The summed E-state index contributed by atoms with van der Waals surface area (Å²) in [6.07, 6.45) is 4.07. The van der Waals surface area contributed by atoms with Gasteiger partial charge in [0.2, 0.25) is 0 Å². The van der Waals surface area contributed by atoms with Crippen molar-refractivity contribution < 1.29 is 10.0 Å². The largest absolute Gasteiger partial charge is 0.411 e. The van der Waals surface area contributed by atoms with E-state index in [0.717, 1.165) is 12.8 Å². The van der Waals surface area contributed by atoms with Gasteiger partial charge >= 0.3 is 0 Å². The van der Waals surface area contributed by atoms with Crippen LogP contribution in [0.5, 0.6) is 0 Å². The standard InChI is InChI=1S/C10H15NO2/c1-9(2)7-3-4-10(9,6-11-13)8(12)5-7/h6-7,13H,3-5H2,1-2H3/b11-6+. The maximum absolute atomic E-state index is 11.8. The summed E-state index contributed by atoms with van der Waals surface area (Å²) in [5, 5.41) is 11.7. The minimum atomic E-state index is -0.466. The van der Waals surface area contributed by atoms with Crippen LogP contribution in [-0.4, -0.2) is 17.2 Å². The minimum Gasteiger partial charge on any atom is -0.411 e. The smallest absolute Gasteiger partial charge is 0.145 e. The molecule has 0 amide bonds. The number of carbonyl (C=O) groups excluding carboxylic acids is 1. The topological polar surface area (TPSA) is 49.7 Å². The lowest BCUT2D eigenvalue weighted by Gasteiger charge is -2.32. The van der Waals surface area contributed by atoms with Crippen molar-refractivity contribution in [2.45, 2.75) is 33.1 Å². The number of oxime groups is 1. The van der Waals surface area contributed by atoms with Crippen LogP contribution in [0.15, 0.2) is 5.16 Å². The van der Waals surface area contributed by atoms with Crippen molar-refractivity contribution in [1.82, 2.24) is 0 Å². The van der Waals surface area contributed by atoms with E-state index in [1.807, 2.05) is 0 Å². The van der Waals surface area contributed by atoms with Gasteiger partial charge in [0.1, 0.15) is 5.78 Å². The quantitative estimate of drug-likeness (QED) is 0.381. The van der Waals surface area contributed by atoms with Crippen LogP contribution in [0.3, 0.4) is 0 Å². The Labute approximate surface area is 77.8 Å². The maximum Gasteiger partial charge on any atom is 0.145 e. The van der Waals surface area contributed by atoms with E-state index in [1.165, 1.54) is 6.21 Å². The Hall–Kier alpha value is -0.860. The van der Waals surface area contributed by atoms with Crippen molar-refractivity contribution in [2.75, 3.05) is 0 Å². The molecular weight excluding hydrogens is 166 g/mol. The summed E-state index contributed by atoms with van der Waals surface area (Å²) in [7, 11) is 0. The van der Waals surface area contributed by atoms with E-state index in [9.17, 15) is 4.79 Å². The molecule has 2 bridgehead atoms. The molecule has 3 heteroatoms. The predicted octanol–water partition coefficient (Wildman–Crippen LogP) is 1.84. The van der Waals surface area contributed by atoms with Gasteiger partial charge in [0.25, 0.3) is 0 Å². The molecule has 0 spiro atoms. The van der Waals surface area contributed by atoms with Crippen LogP contribution in [0.4, 0.5) is 0 Å². The van der Waals surface area contributed by atoms with Gasteiger partial charge in [-0.3, -0.25) is 4.79 Å². The third-order valence-electron chi connectivity index (χ3n) is 4.27. The van der Waals surface area contributed by atoms with Crippen LogP contribution in [0.1, 0.15) is 33.1 Å². The SMILES string of the molecule is CC1(C)C2CCC1(/C=N/O)C(=O)C2. The molecule has 2 saturated carbocycles. The van der Waals surface area contributed by atoms with Crippen molar-refractivity contribution in [2.24, 2.45) is 21.9 Å². The molecule has 0 aliphatic heterocycles. The van der Waals surface area contributed by atoms with Crippen molar-refractivity contribution >= 4 is 12.0 Å². The number of Topliss-reactive ketones (excluding diaryl/α,β-unsaturated/α-hetero) is 1. The highest BCUT2D eigenvalue weighted by atomic mass is 16.4. The lowest BCUT2D eigenvalue weighted by atomic mass is 9.70. The predicted molar refractivity (Wildman–Crippen MR) is 48.8 cm³/mol. The Morgan fingerprint density at radius 2 is 2.31 bits per heavy atom. The lowest BCUT2D eigenvalue weighted by molar-refractivity contribution is -0.125. The van der Waals surface area contributed by atoms with E-state index in [0.29, 0.717) is 12.3 Å². The van der Waals surface area contributed by atoms with E-state index in [4.69, 9.17) is 5.21 Å². The third-order valence-corrected chi connectivity index (χ3v) is 4.27. The number of fused-ring (bicyclic) bond motifs is 2. The average Bonchev–Trinajstić information content (AvgIpc) is 2.38. The van der Waals surface area contributed by atoms with Gasteiger partial charge in [-0.1, -0.05) is 13.8 Å². The van der Waals surface area contributed by atoms with E-state index >= 15 is 0 Å². The molecule has 2 atom stereocenters. The number of hydrogen-bond donors (Lipinski definition) is 1. The summed E-state index contributed by atoms with van der Waals surface area (Å²) < 4.78 is 0. The zero-order valence-corrected chi connectivity index (χ0v) is 8.08. The molecule has 0 heterocycles. The fraction of sp³-hybridized carbons (Fsp3) is 0.800. The van der Waals surface area contributed by atoms with Crippen LogP contribution >= 0.6 is 0 Å². The molecule has 0 radical (unpaired) electrons. The van der Waals surface area contributed by atoms with Gasteiger partial charge in [0.05, 0.1) is 11.6 Å². The normalized spacial score (nSPS) is 42.0. The summed E-state index contributed by atoms with van der Waals surface area (Å²) in [6, 6.07) is 0. The summed E-state index contributed by atoms with van der Waals surface area (Å²) in [6.45, 7) is 4.22. The van der Waals surface area contributed by atoms with Gasteiger partial charge < -0.3 is 5.21 Å². The lowest BCUT2D eigenvalue weighted by Crippen LogP contribution is -2.37. The maximum atomic E-state index is 11.8. The zero-order valence-electron chi connectivity index (χ0n) is 8.08. The van der Waals surface area contributed by atoms with Crippen molar-refractivity contribution in [3.05, 3.63) is 0 Å². The first-order valence-electron chi connectivity index (χ1n) is 4.76. The first-order valence-corrected chi connectivity index (χ1v) is 4.76. The third kappa shape index (κ3) is 0.798. The Bertz CT molecular complexity index is 283. The minimum absolute atomic E-state index is 0.0175. The van der Waals surface area contributed by atoms with Gasteiger partial charge in [-0.25, -0.2) is 0 Å². The summed E-state index contributed by atoms with van der Waals surface area (Å²) in [5.74, 6) is 0.740. The van der Waals surface area contributed by atoms with E-state index in [-0.39, 0.29) is 11.2 Å². The van der Waals surface area contributed by atoms with Crippen LogP contribution in [0, 0.1) is 16.7 Å². The van der Waals surface area contributed by atoms with Gasteiger partial charge in [-0.2, -0.15) is 0 Å². The fourth-order valence-corrected chi connectivity index (χ4v) is 3.11. The van der Waals surface area contributed by atoms with E-state index in [1.54, 1.807) is 0 Å². The Morgan fingerprint density at radius 1 is 1.62 bits per heavy atom. The first kappa shape index (κ1) is 8.73. The van der Waals surface area contributed by atoms with Crippen LogP contribution in [-0.2, 0) is 4.79 Å². The highest BCUT2D eigenvalue weighted by Crippen LogP contribution is 2.62. The van der Waals surface area contributed by atoms with E-state index in [2.05, 4.69) is 19.0 Å². The second-order valence-electron chi connectivity index (χ2n) is 4.80. The van der Waals surface area contributed by atoms with Crippen LogP contribution < -0.4 is 0 Å². The van der Waals surface area contributed by atoms with Gasteiger partial charge in [-0.15, -0.1) is 5.16 Å². The molecule has 2 fully saturated rings. The number of nitrogens with zero attached hydrogens (tertiary/aromatic N) is 1. The molecule has 13 heavy (non-hydrogen) atoms. The Balaban J connectivity index is 2.49.